The van der Waals surface area contributed by atoms with Crippen LogP contribution in [0.1, 0.15) is 19.8 Å². The van der Waals surface area contributed by atoms with Crippen LogP contribution in [0, 0.1) is 0 Å². The number of rotatable bonds is 3. The number of hydrogen-bond acceptors (Lipinski definition) is 3. The highest BCUT2D eigenvalue weighted by Gasteiger charge is 2.19. The quantitative estimate of drug-likeness (QED) is 0.732. The first-order chi connectivity index (χ1) is 11.3. The zero-order valence-electron chi connectivity index (χ0n) is 13.6. The third kappa shape index (κ3) is 2.77. The summed E-state index contributed by atoms with van der Waals surface area (Å²) in [5.41, 5.74) is 3.39. The number of nitrogens with zero attached hydrogens (tertiary/aromatic N) is 2. The van der Waals surface area contributed by atoms with Crippen LogP contribution in [0.3, 0.4) is 0 Å². The number of nitrogens with one attached hydrogen (secondary N) is 1. The zero-order valence-corrected chi connectivity index (χ0v) is 13.6. The number of piperidine rings is 1. The Kier molecular flexibility index (Phi) is 3.88. The molecule has 0 spiro atoms. The Labute approximate surface area is 137 Å². The number of para-hydroxylation sites is 2. The second-order valence-corrected chi connectivity index (χ2v) is 6.37. The summed E-state index contributed by atoms with van der Waals surface area (Å²) in [6, 6.07) is 17.4. The van der Waals surface area contributed by atoms with Crippen LogP contribution in [-0.2, 0) is 0 Å². The predicted molar refractivity (Wildman–Crippen MR) is 98.0 cm³/mol. The minimum absolute atomic E-state index is 0.548. The van der Waals surface area contributed by atoms with Gasteiger partial charge in [0.2, 0.25) is 0 Å². The van der Waals surface area contributed by atoms with Gasteiger partial charge in [0.15, 0.2) is 0 Å². The van der Waals surface area contributed by atoms with Gasteiger partial charge in [0.25, 0.3) is 0 Å². The number of aromatic nitrogens is 1. The number of pyridine rings is 1. The van der Waals surface area contributed by atoms with Crippen LogP contribution in [0.2, 0.25) is 0 Å². The Hall–Kier alpha value is -2.13. The van der Waals surface area contributed by atoms with Gasteiger partial charge in [-0.1, -0.05) is 43.3 Å². The summed E-state index contributed by atoms with van der Waals surface area (Å²) in [5, 5.41) is 6.30. The highest BCUT2D eigenvalue weighted by Crippen LogP contribution is 2.32. The zero-order chi connectivity index (χ0) is 15.6. The van der Waals surface area contributed by atoms with Gasteiger partial charge in [-0.15, -0.1) is 0 Å². The fourth-order valence-electron chi connectivity index (χ4n) is 3.59. The highest BCUT2D eigenvalue weighted by atomic mass is 15.1. The third-order valence-electron chi connectivity index (χ3n) is 4.97. The average molecular weight is 305 g/mol. The van der Waals surface area contributed by atoms with Crippen LogP contribution in [0.5, 0.6) is 0 Å². The monoisotopic (exact) mass is 305 g/mol. The molecule has 1 aliphatic rings. The molecule has 0 atom stereocenters. The van der Waals surface area contributed by atoms with Gasteiger partial charge in [0.1, 0.15) is 0 Å². The van der Waals surface area contributed by atoms with E-state index in [1.807, 2.05) is 0 Å². The van der Waals surface area contributed by atoms with Crippen LogP contribution < -0.4 is 5.32 Å². The van der Waals surface area contributed by atoms with Gasteiger partial charge in [-0.2, -0.15) is 0 Å². The van der Waals surface area contributed by atoms with Crippen LogP contribution in [0.4, 0.5) is 5.69 Å². The fraction of sp³-hybridized carbons (Fsp3) is 0.350. The molecule has 3 nitrogen and oxygen atoms in total. The molecule has 0 aliphatic carbocycles. The van der Waals surface area contributed by atoms with Gasteiger partial charge in [0, 0.05) is 29.9 Å². The van der Waals surface area contributed by atoms with Gasteiger partial charge in [-0.3, -0.25) is 0 Å². The summed E-state index contributed by atoms with van der Waals surface area (Å²) in [4.78, 5) is 7.34. The molecule has 1 N–H and O–H groups in total. The molecule has 1 saturated heterocycles. The Morgan fingerprint density at radius 2 is 1.52 bits per heavy atom. The van der Waals surface area contributed by atoms with E-state index in [0.29, 0.717) is 6.04 Å². The molecule has 23 heavy (non-hydrogen) atoms. The minimum atomic E-state index is 0.548. The molecule has 0 unspecified atom stereocenters. The molecule has 4 rings (SSSR count). The van der Waals surface area contributed by atoms with Gasteiger partial charge in [-0.25, -0.2) is 4.98 Å². The SMILES string of the molecule is CCN1CCC(Nc2c3ccccc3nc3ccccc23)CC1. The predicted octanol–water partition coefficient (Wildman–Crippen LogP) is 4.28. The van der Waals surface area contributed by atoms with Gasteiger partial charge in [-0.05, 0) is 31.5 Å². The lowest BCUT2D eigenvalue weighted by atomic mass is 10.0. The summed E-state index contributed by atoms with van der Waals surface area (Å²) >= 11 is 0. The van der Waals surface area contributed by atoms with Crippen molar-refractivity contribution in [1.29, 1.82) is 0 Å². The number of fused-ring (bicyclic) bond motifs is 2. The van der Waals surface area contributed by atoms with Crippen molar-refractivity contribution < 1.29 is 0 Å². The molecule has 0 saturated carbocycles. The van der Waals surface area contributed by atoms with Crippen LogP contribution >= 0.6 is 0 Å². The maximum atomic E-state index is 4.81. The smallest absolute Gasteiger partial charge is 0.0730 e. The summed E-state index contributed by atoms with van der Waals surface area (Å²) < 4.78 is 0. The summed E-state index contributed by atoms with van der Waals surface area (Å²) in [7, 11) is 0. The lowest BCUT2D eigenvalue weighted by molar-refractivity contribution is 0.230. The Morgan fingerprint density at radius 1 is 0.957 bits per heavy atom. The van der Waals surface area contributed by atoms with E-state index < -0.39 is 0 Å². The van der Waals surface area contributed by atoms with E-state index in [0.717, 1.165) is 17.6 Å². The average Bonchev–Trinajstić information content (AvgIpc) is 2.62. The lowest BCUT2D eigenvalue weighted by Gasteiger charge is -2.32. The second kappa shape index (κ2) is 6.17. The summed E-state index contributed by atoms with van der Waals surface area (Å²) in [6.07, 6.45) is 2.41. The molecular weight excluding hydrogens is 282 g/mol. The van der Waals surface area contributed by atoms with Gasteiger partial charge < -0.3 is 10.2 Å². The van der Waals surface area contributed by atoms with Crippen molar-refractivity contribution in [2.24, 2.45) is 0 Å². The second-order valence-electron chi connectivity index (χ2n) is 6.37. The number of hydrogen-bond donors (Lipinski definition) is 1. The van der Waals surface area contributed by atoms with Crippen molar-refractivity contribution in [3.8, 4) is 0 Å². The van der Waals surface area contributed by atoms with Crippen molar-refractivity contribution in [2.45, 2.75) is 25.8 Å². The van der Waals surface area contributed by atoms with Crippen molar-refractivity contribution in [2.75, 3.05) is 25.0 Å². The highest BCUT2D eigenvalue weighted by molar-refractivity contribution is 6.07. The van der Waals surface area contributed by atoms with Crippen LogP contribution in [0.25, 0.3) is 21.8 Å². The molecule has 118 valence electrons. The van der Waals surface area contributed by atoms with E-state index in [1.165, 1.54) is 42.4 Å². The Balaban J connectivity index is 1.74. The number of anilines is 1. The van der Waals surface area contributed by atoms with E-state index in [4.69, 9.17) is 4.98 Å². The maximum absolute atomic E-state index is 4.81. The molecule has 0 amide bonds. The molecule has 1 aromatic heterocycles. The summed E-state index contributed by atoms with van der Waals surface area (Å²) in [5.74, 6) is 0. The number of benzene rings is 2. The first-order valence-corrected chi connectivity index (χ1v) is 8.61. The van der Waals surface area contributed by atoms with Crippen LogP contribution in [0.15, 0.2) is 48.5 Å². The van der Waals surface area contributed by atoms with Gasteiger partial charge in [0.05, 0.1) is 16.7 Å². The standard InChI is InChI=1S/C20H23N3/c1-2-23-13-11-15(12-14-23)21-20-16-7-3-5-9-18(16)22-19-10-6-4-8-17(19)20/h3-10,15H,2,11-14H2,1H3,(H,21,22). The fourth-order valence-corrected chi connectivity index (χ4v) is 3.59. The minimum Gasteiger partial charge on any atom is -0.381 e. The molecule has 2 heterocycles. The molecule has 0 radical (unpaired) electrons. The molecular formula is C20H23N3. The normalized spacial score (nSPS) is 16.9. The first kappa shape index (κ1) is 14.5. The topological polar surface area (TPSA) is 28.2 Å². The third-order valence-corrected chi connectivity index (χ3v) is 4.97. The molecule has 3 aromatic rings. The Morgan fingerprint density at radius 3 is 2.09 bits per heavy atom. The maximum Gasteiger partial charge on any atom is 0.0730 e. The van der Waals surface area contributed by atoms with E-state index in [9.17, 15) is 0 Å². The number of likely N-dealkylation sites (tertiary alicyclic amines) is 1. The van der Waals surface area contributed by atoms with E-state index in [1.54, 1.807) is 0 Å². The molecule has 0 bridgehead atoms. The largest absolute Gasteiger partial charge is 0.381 e. The van der Waals surface area contributed by atoms with Crippen molar-refractivity contribution in [3.05, 3.63) is 48.5 Å². The van der Waals surface area contributed by atoms with E-state index in [-0.39, 0.29) is 0 Å². The van der Waals surface area contributed by atoms with Crippen LogP contribution in [-0.4, -0.2) is 35.6 Å². The van der Waals surface area contributed by atoms with E-state index in [2.05, 4.69) is 65.7 Å². The van der Waals surface area contributed by atoms with E-state index >= 15 is 0 Å². The lowest BCUT2D eigenvalue weighted by Crippen LogP contribution is -2.38. The first-order valence-electron chi connectivity index (χ1n) is 8.61. The Bertz CT molecular complexity index is 765. The van der Waals surface area contributed by atoms with Crippen molar-refractivity contribution >= 4 is 27.5 Å². The van der Waals surface area contributed by atoms with Crippen molar-refractivity contribution in [3.63, 3.8) is 0 Å². The molecule has 1 aliphatic heterocycles. The van der Waals surface area contributed by atoms with Crippen molar-refractivity contribution in [1.82, 2.24) is 9.88 Å². The van der Waals surface area contributed by atoms with Gasteiger partial charge >= 0.3 is 0 Å². The molecule has 3 heteroatoms. The molecule has 1 fully saturated rings. The molecule has 2 aromatic carbocycles. The summed E-state index contributed by atoms with van der Waals surface area (Å²) in [6.45, 7) is 5.79.